The molecular formula is C23H26N8O2. The zero-order valence-corrected chi connectivity index (χ0v) is 18.6. The van der Waals surface area contributed by atoms with Gasteiger partial charge in [-0.25, -0.2) is 19.6 Å². The fraction of sp³-hybridized carbons (Fsp3) is 0.348. The van der Waals surface area contributed by atoms with Crippen molar-refractivity contribution in [2.75, 3.05) is 11.1 Å². The second-order valence-electron chi connectivity index (χ2n) is 8.44. The molecule has 0 unspecified atom stereocenters. The molecule has 0 amide bonds. The number of aliphatic hydroxyl groups excluding tert-OH is 1. The lowest BCUT2D eigenvalue weighted by molar-refractivity contribution is 0.182. The van der Waals surface area contributed by atoms with E-state index in [2.05, 4.69) is 15.4 Å². The van der Waals surface area contributed by atoms with E-state index in [9.17, 15) is 9.90 Å². The van der Waals surface area contributed by atoms with Crippen molar-refractivity contribution in [3.05, 3.63) is 53.0 Å². The first-order valence-corrected chi connectivity index (χ1v) is 11.0. The van der Waals surface area contributed by atoms with Crippen LogP contribution >= 0.6 is 0 Å². The van der Waals surface area contributed by atoms with E-state index in [0.29, 0.717) is 35.5 Å². The fourth-order valence-corrected chi connectivity index (χ4v) is 4.27. The summed E-state index contributed by atoms with van der Waals surface area (Å²) in [5, 5.41) is 17.8. The van der Waals surface area contributed by atoms with Crippen molar-refractivity contribution in [1.29, 1.82) is 0 Å². The van der Waals surface area contributed by atoms with Crippen LogP contribution in [-0.2, 0) is 13.5 Å². The van der Waals surface area contributed by atoms with Gasteiger partial charge in [0.2, 0.25) is 5.56 Å². The molecule has 170 valence electrons. The van der Waals surface area contributed by atoms with Crippen LogP contribution in [0, 0.1) is 0 Å². The maximum absolute atomic E-state index is 11.7. The maximum atomic E-state index is 11.7. The van der Waals surface area contributed by atoms with Crippen molar-refractivity contribution in [1.82, 2.24) is 29.3 Å². The molecule has 4 N–H and O–H groups in total. The normalized spacial score (nSPS) is 18.2. The summed E-state index contributed by atoms with van der Waals surface area (Å²) in [7, 11) is 1.70. The van der Waals surface area contributed by atoms with Crippen LogP contribution in [0.2, 0.25) is 0 Å². The van der Waals surface area contributed by atoms with Gasteiger partial charge in [-0.05, 0) is 31.7 Å². The smallest absolute Gasteiger partial charge is 0.250 e. The molecule has 1 aliphatic carbocycles. The minimum atomic E-state index is -0.278. The summed E-state index contributed by atoms with van der Waals surface area (Å²) in [6.07, 6.45) is 9.78. The topological polar surface area (TPSA) is 137 Å². The van der Waals surface area contributed by atoms with Gasteiger partial charge in [0.05, 0.1) is 23.7 Å². The Labute approximate surface area is 190 Å². The summed E-state index contributed by atoms with van der Waals surface area (Å²) >= 11 is 0. The van der Waals surface area contributed by atoms with Crippen molar-refractivity contribution in [2.24, 2.45) is 7.05 Å². The van der Waals surface area contributed by atoms with Crippen LogP contribution in [0.5, 0.6) is 0 Å². The van der Waals surface area contributed by atoms with Gasteiger partial charge in [-0.2, -0.15) is 5.10 Å². The number of nitrogens with zero attached hydrogens (tertiary/aromatic N) is 6. The van der Waals surface area contributed by atoms with E-state index < -0.39 is 0 Å². The van der Waals surface area contributed by atoms with Crippen LogP contribution in [-0.4, -0.2) is 46.6 Å². The number of rotatable bonds is 5. The van der Waals surface area contributed by atoms with Gasteiger partial charge in [0, 0.05) is 48.9 Å². The van der Waals surface area contributed by atoms with Gasteiger partial charge in [0.25, 0.3) is 0 Å². The summed E-state index contributed by atoms with van der Waals surface area (Å²) in [4.78, 5) is 25.8. The number of fused-ring (bicyclic) bond motifs is 1. The van der Waals surface area contributed by atoms with Crippen molar-refractivity contribution < 1.29 is 5.11 Å². The van der Waals surface area contributed by atoms with Crippen molar-refractivity contribution >= 4 is 22.7 Å². The van der Waals surface area contributed by atoms with E-state index in [1.165, 1.54) is 10.6 Å². The van der Waals surface area contributed by atoms with E-state index in [0.717, 1.165) is 35.3 Å². The third-order valence-corrected chi connectivity index (χ3v) is 6.11. The molecule has 4 aromatic heterocycles. The van der Waals surface area contributed by atoms with Gasteiger partial charge in [0.15, 0.2) is 5.82 Å². The standard InChI is InChI=1S/C23H26N8O2/c1-3-18-23(27-14-4-6-16(32)8-14)29-20-17(10-25-22(24)21(20)28-18)13-9-26-31(11-13)15-5-7-19(33)30(2)12-15/h5,7,9-12,14,16,32H,3-4,6,8H2,1-2H3,(H2,24,25)(H,27,29)/t14-,16+/m1/s1. The highest BCUT2D eigenvalue weighted by molar-refractivity contribution is 5.96. The summed E-state index contributed by atoms with van der Waals surface area (Å²) < 4.78 is 3.20. The molecule has 1 fully saturated rings. The zero-order valence-electron chi connectivity index (χ0n) is 18.6. The Bertz CT molecular complexity index is 1390. The molecule has 10 heteroatoms. The maximum Gasteiger partial charge on any atom is 0.250 e. The second kappa shape index (κ2) is 8.28. The monoisotopic (exact) mass is 446 g/mol. The van der Waals surface area contributed by atoms with Crippen LogP contribution in [0.3, 0.4) is 0 Å². The predicted octanol–water partition coefficient (Wildman–Crippen LogP) is 2.05. The van der Waals surface area contributed by atoms with E-state index >= 15 is 0 Å². The molecule has 5 rings (SSSR count). The molecule has 0 spiro atoms. The number of hydrogen-bond donors (Lipinski definition) is 3. The molecule has 10 nitrogen and oxygen atoms in total. The lowest BCUT2D eigenvalue weighted by Crippen LogP contribution is -2.19. The number of nitrogens with one attached hydrogen (secondary N) is 1. The summed E-state index contributed by atoms with van der Waals surface area (Å²) in [6, 6.07) is 3.39. The summed E-state index contributed by atoms with van der Waals surface area (Å²) in [6.45, 7) is 2.02. The van der Waals surface area contributed by atoms with Gasteiger partial charge >= 0.3 is 0 Å². The van der Waals surface area contributed by atoms with Crippen LogP contribution in [0.4, 0.5) is 11.6 Å². The average Bonchev–Trinajstić information content (AvgIpc) is 3.45. The SMILES string of the molecule is CCc1nc2c(N)ncc(-c3cnn(-c4ccc(=O)n(C)c4)c3)c2nc1N[C@@H]1CC[C@H](O)C1. The number of pyridine rings is 2. The van der Waals surface area contributed by atoms with Crippen LogP contribution in [0.1, 0.15) is 31.9 Å². The molecule has 1 aliphatic rings. The molecular weight excluding hydrogens is 420 g/mol. The molecule has 1 saturated carbocycles. The van der Waals surface area contributed by atoms with E-state index in [1.54, 1.807) is 36.4 Å². The molecule has 4 aromatic rings. The zero-order chi connectivity index (χ0) is 23.1. The highest BCUT2D eigenvalue weighted by Gasteiger charge is 2.24. The molecule has 0 aromatic carbocycles. The van der Waals surface area contributed by atoms with Gasteiger partial charge in [-0.15, -0.1) is 0 Å². The Balaban J connectivity index is 1.59. The van der Waals surface area contributed by atoms with E-state index in [4.69, 9.17) is 15.7 Å². The first kappa shape index (κ1) is 21.1. The Morgan fingerprint density at radius 3 is 2.76 bits per heavy atom. The fourth-order valence-electron chi connectivity index (χ4n) is 4.27. The molecule has 33 heavy (non-hydrogen) atoms. The Morgan fingerprint density at radius 1 is 1.18 bits per heavy atom. The minimum absolute atomic E-state index is 0.0864. The Hall–Kier alpha value is -3.79. The van der Waals surface area contributed by atoms with Crippen molar-refractivity contribution in [3.8, 4) is 16.8 Å². The molecule has 0 aliphatic heterocycles. The van der Waals surface area contributed by atoms with E-state index in [1.807, 2.05) is 13.1 Å². The number of hydrogen-bond acceptors (Lipinski definition) is 8. The largest absolute Gasteiger partial charge is 0.393 e. The molecule has 0 bridgehead atoms. The van der Waals surface area contributed by atoms with Crippen LogP contribution < -0.4 is 16.6 Å². The average molecular weight is 447 g/mol. The summed E-state index contributed by atoms with van der Waals surface area (Å²) in [5.41, 5.74) is 10.4. The number of anilines is 2. The molecule has 0 radical (unpaired) electrons. The van der Waals surface area contributed by atoms with Gasteiger partial charge < -0.3 is 20.7 Å². The predicted molar refractivity (Wildman–Crippen MR) is 126 cm³/mol. The molecule has 2 atom stereocenters. The first-order valence-electron chi connectivity index (χ1n) is 11.0. The number of nitrogens with two attached hydrogens (primary N) is 1. The lowest BCUT2D eigenvalue weighted by Gasteiger charge is -2.17. The summed E-state index contributed by atoms with van der Waals surface area (Å²) in [5.74, 6) is 1.03. The third-order valence-electron chi connectivity index (χ3n) is 6.11. The van der Waals surface area contributed by atoms with Crippen molar-refractivity contribution in [2.45, 2.75) is 44.8 Å². The van der Waals surface area contributed by atoms with Crippen LogP contribution in [0.15, 0.2) is 41.7 Å². The van der Waals surface area contributed by atoms with Crippen LogP contribution in [0.25, 0.3) is 27.8 Å². The first-order chi connectivity index (χ1) is 15.9. The number of aliphatic hydroxyl groups is 1. The van der Waals surface area contributed by atoms with Gasteiger partial charge in [0.1, 0.15) is 16.9 Å². The molecule has 4 heterocycles. The third kappa shape index (κ3) is 3.93. The quantitative estimate of drug-likeness (QED) is 0.424. The van der Waals surface area contributed by atoms with Gasteiger partial charge in [-0.1, -0.05) is 6.92 Å². The number of aryl methyl sites for hydroxylation is 2. The lowest BCUT2D eigenvalue weighted by atomic mass is 10.1. The highest BCUT2D eigenvalue weighted by Crippen LogP contribution is 2.32. The van der Waals surface area contributed by atoms with Gasteiger partial charge in [-0.3, -0.25) is 4.79 Å². The van der Waals surface area contributed by atoms with E-state index in [-0.39, 0.29) is 17.7 Å². The Morgan fingerprint density at radius 2 is 2.03 bits per heavy atom. The van der Waals surface area contributed by atoms with Crippen molar-refractivity contribution in [3.63, 3.8) is 0 Å². The Kier molecular flexibility index (Phi) is 5.29. The molecule has 0 saturated heterocycles. The number of aromatic nitrogens is 6. The second-order valence-corrected chi connectivity index (χ2v) is 8.44. The highest BCUT2D eigenvalue weighted by atomic mass is 16.3. The minimum Gasteiger partial charge on any atom is -0.393 e. The number of nitrogen functional groups attached to an aromatic ring is 1.